The first kappa shape index (κ1) is 18.0. The molecule has 1 aliphatic rings. The second-order valence-corrected chi connectivity index (χ2v) is 6.91. The van der Waals surface area contributed by atoms with Crippen molar-refractivity contribution in [3.05, 3.63) is 60.4 Å². The molecule has 3 aromatic rings. The first-order valence-corrected chi connectivity index (χ1v) is 9.21. The van der Waals surface area contributed by atoms with E-state index in [-0.39, 0.29) is 5.91 Å². The van der Waals surface area contributed by atoms with Crippen molar-refractivity contribution in [3.63, 3.8) is 0 Å². The first-order valence-electron chi connectivity index (χ1n) is 9.21. The molecule has 1 saturated heterocycles. The zero-order valence-electron chi connectivity index (χ0n) is 15.6. The summed E-state index contributed by atoms with van der Waals surface area (Å²) >= 11 is 0. The minimum Gasteiger partial charge on any atom is -0.494 e. The Morgan fingerprint density at radius 1 is 1.14 bits per heavy atom. The molecule has 142 valence electrons. The predicted molar refractivity (Wildman–Crippen MR) is 107 cm³/mol. The Hall–Kier alpha value is -3.41. The lowest BCUT2D eigenvalue weighted by Crippen LogP contribution is -2.43. The van der Waals surface area contributed by atoms with Crippen LogP contribution in [0.25, 0.3) is 21.9 Å². The van der Waals surface area contributed by atoms with E-state index in [4.69, 9.17) is 10.5 Å². The fourth-order valence-corrected chi connectivity index (χ4v) is 3.80. The maximum absolute atomic E-state index is 12.9. The van der Waals surface area contributed by atoms with Crippen molar-refractivity contribution in [2.24, 2.45) is 5.73 Å². The lowest BCUT2D eigenvalue weighted by molar-refractivity contribution is -0.121. The van der Waals surface area contributed by atoms with Crippen LogP contribution in [-0.4, -0.2) is 41.4 Å². The average Bonchev–Trinajstić information content (AvgIpc) is 3.22. The van der Waals surface area contributed by atoms with Crippen LogP contribution < -0.4 is 10.5 Å². The Morgan fingerprint density at radius 2 is 1.93 bits per heavy atom. The Bertz CT molecular complexity index is 1060. The van der Waals surface area contributed by atoms with Crippen molar-refractivity contribution in [1.82, 2.24) is 9.88 Å². The molecule has 1 aliphatic heterocycles. The number of carbonyl (C=O) groups is 2. The summed E-state index contributed by atoms with van der Waals surface area (Å²) in [5.74, 6) is 0.117. The van der Waals surface area contributed by atoms with E-state index in [1.54, 1.807) is 30.5 Å². The number of hydrogen-bond donors (Lipinski definition) is 1. The van der Waals surface area contributed by atoms with Crippen LogP contribution in [0.3, 0.4) is 0 Å². The number of nitrogens with zero attached hydrogens (tertiary/aromatic N) is 2. The first-order chi connectivity index (χ1) is 13.6. The second-order valence-electron chi connectivity index (χ2n) is 6.91. The van der Waals surface area contributed by atoms with Gasteiger partial charge in [0.05, 0.1) is 13.3 Å². The quantitative estimate of drug-likeness (QED) is 0.760. The topological polar surface area (TPSA) is 85.5 Å². The van der Waals surface area contributed by atoms with Gasteiger partial charge in [-0.1, -0.05) is 18.2 Å². The Morgan fingerprint density at radius 3 is 2.71 bits per heavy atom. The third-order valence-corrected chi connectivity index (χ3v) is 5.24. The van der Waals surface area contributed by atoms with Crippen molar-refractivity contribution in [1.29, 1.82) is 0 Å². The maximum atomic E-state index is 12.9. The summed E-state index contributed by atoms with van der Waals surface area (Å²) in [7, 11) is 1.62. The van der Waals surface area contributed by atoms with Crippen molar-refractivity contribution < 1.29 is 14.3 Å². The zero-order valence-corrected chi connectivity index (χ0v) is 15.6. The summed E-state index contributed by atoms with van der Waals surface area (Å²) in [4.78, 5) is 30.1. The van der Waals surface area contributed by atoms with Gasteiger partial charge in [0.15, 0.2) is 0 Å². The van der Waals surface area contributed by atoms with Crippen LogP contribution >= 0.6 is 0 Å². The lowest BCUT2D eigenvalue weighted by atomic mass is 9.99. The second kappa shape index (κ2) is 7.31. The molecule has 0 unspecified atom stereocenters. The fraction of sp³-hybridized carbons (Fsp3) is 0.227. The number of carbonyl (C=O) groups excluding carboxylic acids is 2. The summed E-state index contributed by atoms with van der Waals surface area (Å²) < 4.78 is 5.40. The number of aromatic nitrogens is 1. The third-order valence-electron chi connectivity index (χ3n) is 5.24. The molecular formula is C22H21N3O3. The number of rotatable bonds is 4. The van der Waals surface area contributed by atoms with Crippen molar-refractivity contribution in [3.8, 4) is 16.9 Å². The monoisotopic (exact) mass is 375 g/mol. The number of pyridine rings is 1. The van der Waals surface area contributed by atoms with Gasteiger partial charge in [0, 0.05) is 23.9 Å². The third kappa shape index (κ3) is 3.17. The maximum Gasteiger partial charge on any atom is 0.254 e. The van der Waals surface area contributed by atoms with Crippen LogP contribution in [-0.2, 0) is 4.79 Å². The number of fused-ring (bicyclic) bond motifs is 1. The summed E-state index contributed by atoms with van der Waals surface area (Å²) in [6, 6.07) is 13.0. The molecule has 2 heterocycles. The molecule has 1 aromatic heterocycles. The molecule has 0 aliphatic carbocycles. The van der Waals surface area contributed by atoms with Gasteiger partial charge in [-0.15, -0.1) is 0 Å². The number of nitrogens with two attached hydrogens (primary N) is 1. The summed E-state index contributed by atoms with van der Waals surface area (Å²) in [5.41, 5.74) is 7.98. The number of ether oxygens (including phenoxy) is 1. The minimum absolute atomic E-state index is 0.150. The highest BCUT2D eigenvalue weighted by atomic mass is 16.5. The van der Waals surface area contributed by atoms with E-state index in [2.05, 4.69) is 11.1 Å². The fourth-order valence-electron chi connectivity index (χ4n) is 3.80. The van der Waals surface area contributed by atoms with Crippen LogP contribution in [0, 0.1) is 0 Å². The van der Waals surface area contributed by atoms with Crippen LogP contribution in [0.2, 0.25) is 0 Å². The molecule has 0 spiro atoms. The molecule has 0 radical (unpaired) electrons. The van der Waals surface area contributed by atoms with E-state index < -0.39 is 11.9 Å². The van der Waals surface area contributed by atoms with Crippen LogP contribution in [0.4, 0.5) is 0 Å². The smallest absolute Gasteiger partial charge is 0.254 e. The van der Waals surface area contributed by atoms with Gasteiger partial charge in [-0.25, -0.2) is 0 Å². The summed E-state index contributed by atoms with van der Waals surface area (Å²) in [6.45, 7) is 0.561. The highest BCUT2D eigenvalue weighted by Gasteiger charge is 2.33. The molecule has 2 N–H and O–H groups in total. The Kier molecular flexibility index (Phi) is 4.69. The number of likely N-dealkylation sites (tertiary alicyclic amines) is 1. The molecule has 0 bridgehead atoms. The van der Waals surface area contributed by atoms with Gasteiger partial charge in [-0.3, -0.25) is 14.6 Å². The van der Waals surface area contributed by atoms with Gasteiger partial charge in [-0.2, -0.15) is 0 Å². The normalized spacial score (nSPS) is 16.3. The van der Waals surface area contributed by atoms with E-state index in [0.717, 1.165) is 28.3 Å². The Balaban J connectivity index is 1.67. The van der Waals surface area contributed by atoms with Crippen LogP contribution in [0.5, 0.6) is 5.75 Å². The summed E-state index contributed by atoms with van der Waals surface area (Å²) in [5, 5.41) is 1.97. The van der Waals surface area contributed by atoms with E-state index in [9.17, 15) is 9.59 Å². The highest BCUT2D eigenvalue weighted by Crippen LogP contribution is 2.31. The number of amides is 2. The molecule has 2 amide bonds. The number of hydrogen-bond acceptors (Lipinski definition) is 4. The van der Waals surface area contributed by atoms with Gasteiger partial charge < -0.3 is 15.4 Å². The molecule has 4 rings (SSSR count). The standard InChI is InChI=1S/C22H21N3O3/c1-28-20-13-24-9-8-18(20)16-6-4-15-12-17(7-5-14(15)11-16)22(27)25-10-2-3-19(25)21(23)26/h4-9,11-13,19H,2-3,10H2,1H3,(H2,23,26)/t19-/m1/s1. The molecule has 1 atom stereocenters. The zero-order chi connectivity index (χ0) is 19.7. The van der Waals surface area contributed by atoms with Gasteiger partial charge in [0.2, 0.25) is 5.91 Å². The van der Waals surface area contributed by atoms with E-state index >= 15 is 0 Å². The number of methoxy groups -OCH3 is 1. The van der Waals surface area contributed by atoms with Gasteiger partial charge in [0.1, 0.15) is 11.8 Å². The van der Waals surface area contributed by atoms with E-state index in [0.29, 0.717) is 24.3 Å². The molecule has 28 heavy (non-hydrogen) atoms. The van der Waals surface area contributed by atoms with E-state index in [1.807, 2.05) is 30.3 Å². The van der Waals surface area contributed by atoms with Gasteiger partial charge >= 0.3 is 0 Å². The highest BCUT2D eigenvalue weighted by molar-refractivity contribution is 6.01. The Labute approximate surface area is 162 Å². The van der Waals surface area contributed by atoms with Crippen LogP contribution in [0.15, 0.2) is 54.9 Å². The van der Waals surface area contributed by atoms with Crippen molar-refractivity contribution in [2.45, 2.75) is 18.9 Å². The lowest BCUT2D eigenvalue weighted by Gasteiger charge is -2.22. The van der Waals surface area contributed by atoms with Crippen molar-refractivity contribution in [2.75, 3.05) is 13.7 Å². The molecular weight excluding hydrogens is 354 g/mol. The van der Waals surface area contributed by atoms with E-state index in [1.165, 1.54) is 0 Å². The molecule has 2 aromatic carbocycles. The van der Waals surface area contributed by atoms with Gasteiger partial charge in [-0.05, 0) is 53.4 Å². The number of primary amides is 1. The van der Waals surface area contributed by atoms with Gasteiger partial charge in [0.25, 0.3) is 5.91 Å². The summed E-state index contributed by atoms with van der Waals surface area (Å²) in [6.07, 6.45) is 4.84. The predicted octanol–water partition coefficient (Wildman–Crippen LogP) is 3.00. The van der Waals surface area contributed by atoms with Crippen LogP contribution in [0.1, 0.15) is 23.2 Å². The molecule has 0 saturated carbocycles. The van der Waals surface area contributed by atoms with Crippen molar-refractivity contribution >= 4 is 22.6 Å². The average molecular weight is 375 g/mol. The molecule has 6 heteroatoms. The largest absolute Gasteiger partial charge is 0.494 e. The number of benzene rings is 2. The molecule has 1 fully saturated rings. The SMILES string of the molecule is COc1cnccc1-c1ccc2cc(C(=O)N3CCC[C@@H]3C(N)=O)ccc2c1. The minimum atomic E-state index is -0.510. The molecule has 6 nitrogen and oxygen atoms in total.